The lowest BCUT2D eigenvalue weighted by Gasteiger charge is -2.22. The Balaban J connectivity index is 2.28. The normalized spacial score (nSPS) is 24.2. The van der Waals surface area contributed by atoms with Gasteiger partial charge < -0.3 is 5.32 Å². The fourth-order valence-electron chi connectivity index (χ4n) is 2.20. The lowest BCUT2D eigenvalue weighted by Crippen LogP contribution is -2.27. The van der Waals surface area contributed by atoms with Crippen LogP contribution in [0.2, 0.25) is 0 Å². The minimum atomic E-state index is 0.505. The molecule has 1 unspecified atom stereocenters. The van der Waals surface area contributed by atoms with E-state index in [1.165, 1.54) is 23.1 Å². The van der Waals surface area contributed by atoms with Gasteiger partial charge in [-0.1, -0.05) is 30.4 Å². The van der Waals surface area contributed by atoms with Crippen molar-refractivity contribution < 1.29 is 0 Å². The minimum Gasteiger partial charge on any atom is -0.306 e. The van der Waals surface area contributed by atoms with Crippen molar-refractivity contribution in [3.05, 3.63) is 41.0 Å². The summed E-state index contributed by atoms with van der Waals surface area (Å²) in [6.07, 6.45) is 5.66. The first-order valence-electron chi connectivity index (χ1n) is 4.48. The summed E-state index contributed by atoms with van der Waals surface area (Å²) in [5, 5.41) is 3.49. The summed E-state index contributed by atoms with van der Waals surface area (Å²) in [6.45, 7) is 1.12. The maximum absolute atomic E-state index is 3.49. The molecule has 1 atom stereocenters. The van der Waals surface area contributed by atoms with Crippen LogP contribution in [0.25, 0.3) is 6.08 Å². The summed E-state index contributed by atoms with van der Waals surface area (Å²) >= 11 is 0. The van der Waals surface area contributed by atoms with Crippen LogP contribution in [-0.4, -0.2) is 6.54 Å². The van der Waals surface area contributed by atoms with Gasteiger partial charge in [0.2, 0.25) is 0 Å². The third-order valence-corrected chi connectivity index (χ3v) is 2.77. The Hall–Kier alpha value is -1.08. The molecular weight excluding hydrogens is 146 g/mol. The van der Waals surface area contributed by atoms with E-state index >= 15 is 0 Å². The second kappa shape index (κ2) is 2.20. The monoisotopic (exact) mass is 157 g/mol. The van der Waals surface area contributed by atoms with Crippen molar-refractivity contribution in [2.45, 2.75) is 12.5 Å². The van der Waals surface area contributed by atoms with Gasteiger partial charge in [-0.05, 0) is 23.1 Å². The Labute approximate surface area is 72.1 Å². The molecule has 60 valence electrons. The molecule has 12 heavy (non-hydrogen) atoms. The van der Waals surface area contributed by atoms with E-state index in [-0.39, 0.29) is 0 Å². The molecule has 1 heteroatoms. The molecule has 0 aromatic heterocycles. The highest BCUT2D eigenvalue weighted by Gasteiger charge is 2.22. The number of nitrogens with one attached hydrogen (secondary N) is 1. The summed E-state index contributed by atoms with van der Waals surface area (Å²) in [6, 6.07) is 7.11. The summed E-state index contributed by atoms with van der Waals surface area (Å²) in [4.78, 5) is 0. The first-order chi connectivity index (χ1) is 5.95. The van der Waals surface area contributed by atoms with Crippen molar-refractivity contribution in [2.75, 3.05) is 6.54 Å². The van der Waals surface area contributed by atoms with E-state index in [9.17, 15) is 0 Å². The molecule has 0 saturated heterocycles. The highest BCUT2D eigenvalue weighted by atomic mass is 14.9. The van der Waals surface area contributed by atoms with Gasteiger partial charge in [0, 0.05) is 6.54 Å². The van der Waals surface area contributed by atoms with E-state index in [4.69, 9.17) is 0 Å². The predicted molar refractivity (Wildman–Crippen MR) is 49.9 cm³/mol. The minimum absolute atomic E-state index is 0.505. The second-order valence-electron chi connectivity index (χ2n) is 3.46. The summed E-state index contributed by atoms with van der Waals surface area (Å²) in [5.74, 6) is 0. The molecule has 1 aliphatic carbocycles. The molecule has 0 bridgehead atoms. The molecule has 0 saturated carbocycles. The molecule has 0 fully saturated rings. The summed E-state index contributed by atoms with van der Waals surface area (Å²) in [7, 11) is 0. The SMILES string of the molecule is C1=CC2NCCc3cccc1c32. The van der Waals surface area contributed by atoms with Crippen LogP contribution in [0.1, 0.15) is 22.7 Å². The molecule has 1 N–H and O–H groups in total. The summed E-state index contributed by atoms with van der Waals surface area (Å²) in [5.41, 5.74) is 4.45. The second-order valence-corrected chi connectivity index (χ2v) is 3.46. The molecule has 1 heterocycles. The summed E-state index contributed by atoms with van der Waals surface area (Å²) < 4.78 is 0. The van der Waals surface area contributed by atoms with Crippen LogP contribution in [0.3, 0.4) is 0 Å². The molecule has 0 amide bonds. The molecule has 1 aliphatic heterocycles. The van der Waals surface area contributed by atoms with Crippen molar-refractivity contribution in [3.63, 3.8) is 0 Å². The van der Waals surface area contributed by atoms with Crippen molar-refractivity contribution >= 4 is 6.08 Å². The Kier molecular flexibility index (Phi) is 1.18. The van der Waals surface area contributed by atoms with Gasteiger partial charge in [-0.25, -0.2) is 0 Å². The van der Waals surface area contributed by atoms with E-state index in [0.717, 1.165) is 6.54 Å². The quantitative estimate of drug-likeness (QED) is 0.606. The van der Waals surface area contributed by atoms with Gasteiger partial charge in [-0.2, -0.15) is 0 Å². The van der Waals surface area contributed by atoms with Crippen molar-refractivity contribution in [1.82, 2.24) is 5.32 Å². The molecule has 1 aromatic rings. The third kappa shape index (κ3) is 0.718. The van der Waals surface area contributed by atoms with Gasteiger partial charge in [0.25, 0.3) is 0 Å². The number of benzene rings is 1. The van der Waals surface area contributed by atoms with Gasteiger partial charge in [0.05, 0.1) is 6.04 Å². The molecule has 0 radical (unpaired) electrons. The average Bonchev–Trinajstić information content (AvgIpc) is 2.52. The Morgan fingerprint density at radius 3 is 3.33 bits per heavy atom. The molecule has 2 aliphatic rings. The molecule has 0 spiro atoms. The smallest absolute Gasteiger partial charge is 0.0518 e. The highest BCUT2D eigenvalue weighted by Crippen LogP contribution is 2.33. The fourth-order valence-corrected chi connectivity index (χ4v) is 2.20. The standard InChI is InChI=1S/C11H11N/c1-2-8-4-5-10-11(8)9(3-1)6-7-12-10/h1-5,10,12H,6-7H2. The van der Waals surface area contributed by atoms with Crippen LogP contribution >= 0.6 is 0 Å². The largest absolute Gasteiger partial charge is 0.306 e. The Morgan fingerprint density at radius 1 is 1.33 bits per heavy atom. The predicted octanol–water partition coefficient (Wildman–Crippen LogP) is 1.90. The van der Waals surface area contributed by atoms with Crippen LogP contribution in [0.4, 0.5) is 0 Å². The van der Waals surface area contributed by atoms with Crippen LogP contribution in [0.5, 0.6) is 0 Å². The van der Waals surface area contributed by atoms with Gasteiger partial charge in [0.15, 0.2) is 0 Å². The topological polar surface area (TPSA) is 12.0 Å². The van der Waals surface area contributed by atoms with Gasteiger partial charge >= 0.3 is 0 Å². The van der Waals surface area contributed by atoms with Crippen LogP contribution < -0.4 is 5.32 Å². The lowest BCUT2D eigenvalue weighted by molar-refractivity contribution is 0.588. The Morgan fingerprint density at radius 2 is 2.33 bits per heavy atom. The van der Waals surface area contributed by atoms with Crippen LogP contribution in [0.15, 0.2) is 24.3 Å². The maximum atomic E-state index is 3.49. The zero-order valence-corrected chi connectivity index (χ0v) is 6.88. The van der Waals surface area contributed by atoms with Crippen LogP contribution in [0, 0.1) is 0 Å². The van der Waals surface area contributed by atoms with Gasteiger partial charge in [0.1, 0.15) is 0 Å². The number of hydrogen-bond acceptors (Lipinski definition) is 1. The Bertz CT molecular complexity index is 352. The van der Waals surface area contributed by atoms with E-state index in [0.29, 0.717) is 6.04 Å². The third-order valence-electron chi connectivity index (χ3n) is 2.77. The van der Waals surface area contributed by atoms with Crippen molar-refractivity contribution in [3.8, 4) is 0 Å². The van der Waals surface area contributed by atoms with Gasteiger partial charge in [-0.15, -0.1) is 0 Å². The van der Waals surface area contributed by atoms with Crippen LogP contribution in [-0.2, 0) is 6.42 Å². The van der Waals surface area contributed by atoms with E-state index in [1.807, 2.05) is 0 Å². The van der Waals surface area contributed by atoms with Crippen molar-refractivity contribution in [2.24, 2.45) is 0 Å². The highest BCUT2D eigenvalue weighted by molar-refractivity contribution is 5.64. The van der Waals surface area contributed by atoms with E-state index in [2.05, 4.69) is 35.7 Å². The van der Waals surface area contributed by atoms with E-state index < -0.39 is 0 Å². The maximum Gasteiger partial charge on any atom is 0.0518 e. The molecule has 3 rings (SSSR count). The first-order valence-corrected chi connectivity index (χ1v) is 4.48. The molecule has 1 nitrogen and oxygen atoms in total. The zero-order chi connectivity index (χ0) is 7.97. The molecular formula is C11H11N. The van der Waals surface area contributed by atoms with E-state index in [1.54, 1.807) is 0 Å². The number of hydrogen-bond donors (Lipinski definition) is 1. The van der Waals surface area contributed by atoms with Crippen molar-refractivity contribution in [1.29, 1.82) is 0 Å². The molecule has 1 aromatic carbocycles. The average molecular weight is 157 g/mol. The first kappa shape index (κ1) is 6.44. The van der Waals surface area contributed by atoms with Gasteiger partial charge in [-0.3, -0.25) is 0 Å². The fraction of sp³-hybridized carbons (Fsp3) is 0.273. The number of rotatable bonds is 0. The lowest BCUT2D eigenvalue weighted by atomic mass is 9.94. The zero-order valence-electron chi connectivity index (χ0n) is 6.88.